The van der Waals surface area contributed by atoms with Crippen LogP contribution in [0.15, 0.2) is 64.6 Å². The van der Waals surface area contributed by atoms with E-state index in [0.29, 0.717) is 16.3 Å². The van der Waals surface area contributed by atoms with Gasteiger partial charge >= 0.3 is 0 Å². The predicted octanol–water partition coefficient (Wildman–Crippen LogP) is 4.21. The number of hydrogen-bond acceptors (Lipinski definition) is 5. The second-order valence-corrected chi connectivity index (χ2v) is 9.11. The predicted molar refractivity (Wildman–Crippen MR) is 127 cm³/mol. The molecular formula is C25H27N3O4S. The fourth-order valence-corrected chi connectivity index (χ4v) is 4.69. The zero-order valence-electron chi connectivity index (χ0n) is 18.5. The minimum Gasteiger partial charge on any atom is -0.467 e. The molecule has 0 radical (unpaired) electrons. The third-order valence-corrected chi connectivity index (χ3v) is 6.62. The minimum absolute atomic E-state index is 0.0865. The van der Waals surface area contributed by atoms with Gasteiger partial charge in [0.15, 0.2) is 6.04 Å². The first-order valence-corrected chi connectivity index (χ1v) is 11.9. The Hall–Kier alpha value is -3.39. The number of nitrogens with one attached hydrogen (secondary N) is 2. The molecule has 0 spiro atoms. The molecule has 8 heteroatoms. The van der Waals surface area contributed by atoms with Crippen molar-refractivity contribution in [2.24, 2.45) is 0 Å². The molecule has 4 rings (SSSR count). The smallest absolute Gasteiger partial charge is 0.261 e. The van der Waals surface area contributed by atoms with E-state index in [4.69, 9.17) is 4.42 Å². The lowest BCUT2D eigenvalue weighted by molar-refractivity contribution is -0.127. The summed E-state index contributed by atoms with van der Waals surface area (Å²) in [6.45, 7) is 1.70. The number of anilines is 1. The largest absolute Gasteiger partial charge is 0.467 e. The number of furan rings is 1. The van der Waals surface area contributed by atoms with E-state index in [9.17, 15) is 14.4 Å². The van der Waals surface area contributed by atoms with Crippen molar-refractivity contribution in [2.45, 2.75) is 44.7 Å². The van der Waals surface area contributed by atoms with Crippen molar-refractivity contribution in [1.82, 2.24) is 10.6 Å². The van der Waals surface area contributed by atoms with Crippen LogP contribution in [0.4, 0.5) is 5.69 Å². The van der Waals surface area contributed by atoms with E-state index in [2.05, 4.69) is 10.6 Å². The van der Waals surface area contributed by atoms with Crippen molar-refractivity contribution in [1.29, 1.82) is 0 Å². The number of benzene rings is 1. The summed E-state index contributed by atoms with van der Waals surface area (Å²) >= 11 is 1.30. The molecule has 0 unspecified atom stereocenters. The summed E-state index contributed by atoms with van der Waals surface area (Å²) in [6.07, 6.45) is 5.48. The number of nitrogens with zero attached hydrogens (tertiary/aromatic N) is 1. The summed E-state index contributed by atoms with van der Waals surface area (Å²) in [7, 11) is 0. The fraction of sp³-hybridized carbons (Fsp3) is 0.320. The fourth-order valence-electron chi connectivity index (χ4n) is 4.05. The first-order chi connectivity index (χ1) is 16.0. The van der Waals surface area contributed by atoms with E-state index in [1.165, 1.54) is 22.5 Å². The van der Waals surface area contributed by atoms with Gasteiger partial charge < -0.3 is 15.1 Å². The summed E-state index contributed by atoms with van der Waals surface area (Å²) in [6, 6.07) is 13.3. The van der Waals surface area contributed by atoms with Gasteiger partial charge in [-0.1, -0.05) is 36.6 Å². The van der Waals surface area contributed by atoms with E-state index in [1.807, 2.05) is 19.1 Å². The molecule has 33 heavy (non-hydrogen) atoms. The van der Waals surface area contributed by atoms with Gasteiger partial charge in [-0.2, -0.15) is 0 Å². The molecule has 1 aliphatic rings. The van der Waals surface area contributed by atoms with Gasteiger partial charge in [-0.3, -0.25) is 19.3 Å². The van der Waals surface area contributed by atoms with Crippen LogP contribution in [0.25, 0.3) is 0 Å². The molecule has 1 aromatic carbocycles. The summed E-state index contributed by atoms with van der Waals surface area (Å²) in [5, 5.41) is 7.57. The van der Waals surface area contributed by atoms with Crippen LogP contribution < -0.4 is 15.5 Å². The Labute approximate surface area is 196 Å². The van der Waals surface area contributed by atoms with Crippen LogP contribution in [0.3, 0.4) is 0 Å². The molecule has 172 valence electrons. The molecule has 0 saturated heterocycles. The maximum atomic E-state index is 13.5. The van der Waals surface area contributed by atoms with Crippen molar-refractivity contribution in [3.8, 4) is 0 Å². The van der Waals surface area contributed by atoms with Crippen LogP contribution in [0, 0.1) is 6.92 Å². The first kappa shape index (κ1) is 22.8. The second-order valence-electron chi connectivity index (χ2n) is 8.17. The van der Waals surface area contributed by atoms with Gasteiger partial charge in [0, 0.05) is 11.7 Å². The Morgan fingerprint density at radius 2 is 1.85 bits per heavy atom. The van der Waals surface area contributed by atoms with E-state index in [1.54, 1.807) is 41.8 Å². The average molecular weight is 466 g/mol. The molecule has 1 aliphatic carbocycles. The van der Waals surface area contributed by atoms with Gasteiger partial charge in [0.1, 0.15) is 5.76 Å². The maximum absolute atomic E-state index is 13.5. The molecule has 1 fully saturated rings. The molecule has 7 nitrogen and oxygen atoms in total. The highest BCUT2D eigenvalue weighted by atomic mass is 32.1. The number of amides is 3. The summed E-state index contributed by atoms with van der Waals surface area (Å²) in [4.78, 5) is 41.3. The van der Waals surface area contributed by atoms with Gasteiger partial charge in [-0.05, 0) is 55.5 Å². The number of hydrogen-bond donors (Lipinski definition) is 2. The Kier molecular flexibility index (Phi) is 7.24. The Morgan fingerprint density at radius 1 is 1.09 bits per heavy atom. The second kappa shape index (κ2) is 10.5. The van der Waals surface area contributed by atoms with Crippen molar-refractivity contribution >= 4 is 34.7 Å². The molecule has 2 aromatic heterocycles. The van der Waals surface area contributed by atoms with Gasteiger partial charge in [0.2, 0.25) is 5.91 Å². The SMILES string of the molecule is Cc1ccc(N(C(=O)CNC(=O)c2cccs2)[C@H](C(=O)NC2CCCC2)c2ccco2)cc1. The van der Waals surface area contributed by atoms with Crippen LogP contribution in [0.5, 0.6) is 0 Å². The highest BCUT2D eigenvalue weighted by molar-refractivity contribution is 7.12. The Morgan fingerprint density at radius 3 is 2.48 bits per heavy atom. The molecule has 0 bridgehead atoms. The lowest BCUT2D eigenvalue weighted by atomic mass is 10.1. The molecule has 3 amide bonds. The van der Waals surface area contributed by atoms with Gasteiger partial charge in [0.25, 0.3) is 11.8 Å². The Bertz CT molecular complexity index is 1070. The van der Waals surface area contributed by atoms with E-state index in [0.717, 1.165) is 31.2 Å². The monoisotopic (exact) mass is 465 g/mol. The highest BCUT2D eigenvalue weighted by Crippen LogP contribution is 2.30. The molecule has 3 aromatic rings. The van der Waals surface area contributed by atoms with E-state index >= 15 is 0 Å². The molecule has 1 atom stereocenters. The molecular weight excluding hydrogens is 438 g/mol. The minimum atomic E-state index is -0.991. The number of aryl methyl sites for hydroxylation is 1. The van der Waals surface area contributed by atoms with Crippen molar-refractivity contribution < 1.29 is 18.8 Å². The lowest BCUT2D eigenvalue weighted by Crippen LogP contribution is -2.49. The van der Waals surface area contributed by atoms with Crippen LogP contribution in [0.1, 0.15) is 52.7 Å². The topological polar surface area (TPSA) is 91.7 Å². The quantitative estimate of drug-likeness (QED) is 0.521. The van der Waals surface area contributed by atoms with Crippen LogP contribution >= 0.6 is 11.3 Å². The van der Waals surface area contributed by atoms with Gasteiger partial charge in [-0.25, -0.2) is 0 Å². The number of carbonyl (C=O) groups excluding carboxylic acids is 3. The number of thiophene rings is 1. The van der Waals surface area contributed by atoms with Crippen molar-refractivity contribution in [3.05, 3.63) is 76.4 Å². The summed E-state index contributed by atoms with van der Waals surface area (Å²) in [5.74, 6) is -0.668. The summed E-state index contributed by atoms with van der Waals surface area (Å²) < 4.78 is 5.60. The van der Waals surface area contributed by atoms with Crippen LogP contribution in [-0.4, -0.2) is 30.3 Å². The van der Waals surface area contributed by atoms with Gasteiger partial charge in [-0.15, -0.1) is 11.3 Å². The summed E-state index contributed by atoms with van der Waals surface area (Å²) in [5.41, 5.74) is 1.58. The highest BCUT2D eigenvalue weighted by Gasteiger charge is 2.36. The third-order valence-electron chi connectivity index (χ3n) is 5.75. The molecule has 2 N–H and O–H groups in total. The maximum Gasteiger partial charge on any atom is 0.261 e. The zero-order chi connectivity index (χ0) is 23.2. The zero-order valence-corrected chi connectivity index (χ0v) is 19.3. The average Bonchev–Trinajstić information content (AvgIpc) is 3.60. The van der Waals surface area contributed by atoms with Gasteiger partial charge in [0.05, 0.1) is 17.7 Å². The van der Waals surface area contributed by atoms with Crippen molar-refractivity contribution in [2.75, 3.05) is 11.4 Å². The van der Waals surface area contributed by atoms with E-state index < -0.39 is 11.9 Å². The van der Waals surface area contributed by atoms with Crippen LogP contribution in [-0.2, 0) is 9.59 Å². The normalized spacial score (nSPS) is 14.6. The molecule has 2 heterocycles. The number of rotatable bonds is 8. The lowest BCUT2D eigenvalue weighted by Gasteiger charge is -2.31. The molecule has 0 aliphatic heterocycles. The Balaban J connectivity index is 1.63. The third kappa shape index (κ3) is 5.51. The van der Waals surface area contributed by atoms with Crippen LogP contribution in [0.2, 0.25) is 0 Å². The standard InChI is InChI=1S/C25H27N3O4S/c1-17-10-12-19(13-11-17)28(22(29)16-26-24(30)21-9-5-15-33-21)23(20-8-4-14-32-20)25(31)27-18-6-2-3-7-18/h4-5,8-15,18,23H,2-3,6-7,16H2,1H3,(H,26,30)(H,27,31)/t23-/m0/s1. The van der Waals surface area contributed by atoms with E-state index in [-0.39, 0.29) is 24.4 Å². The molecule has 1 saturated carbocycles. The van der Waals surface area contributed by atoms with Crippen molar-refractivity contribution in [3.63, 3.8) is 0 Å². The number of carbonyl (C=O) groups is 3. The first-order valence-electron chi connectivity index (χ1n) is 11.1.